The van der Waals surface area contributed by atoms with Gasteiger partial charge in [0, 0.05) is 17.9 Å². The maximum absolute atomic E-state index is 13.1. The SMILES string of the molecule is Cc1c(C#N)c(NC(=O)Cn2nnc(-c3ccc(F)cc3)n2)n(C[C@@H]2CCCO2)c1C. The predicted molar refractivity (Wildman–Crippen MR) is 109 cm³/mol. The molecular formula is C21H22FN7O2. The van der Waals surface area contributed by atoms with Crippen LogP contribution in [0.1, 0.15) is 29.7 Å². The monoisotopic (exact) mass is 423 g/mol. The van der Waals surface area contributed by atoms with Crippen molar-refractivity contribution in [1.82, 2.24) is 24.8 Å². The van der Waals surface area contributed by atoms with E-state index in [0.29, 0.717) is 29.3 Å². The van der Waals surface area contributed by atoms with Gasteiger partial charge in [0.25, 0.3) is 0 Å². The number of nitriles is 1. The Balaban J connectivity index is 1.51. The molecule has 10 heteroatoms. The lowest BCUT2D eigenvalue weighted by molar-refractivity contribution is -0.117. The average Bonchev–Trinajstić information content (AvgIpc) is 3.47. The Morgan fingerprint density at radius 1 is 1.35 bits per heavy atom. The second-order valence-electron chi connectivity index (χ2n) is 7.49. The van der Waals surface area contributed by atoms with Gasteiger partial charge >= 0.3 is 0 Å². The van der Waals surface area contributed by atoms with Crippen molar-refractivity contribution in [2.75, 3.05) is 11.9 Å². The molecule has 160 valence electrons. The molecule has 0 saturated carbocycles. The summed E-state index contributed by atoms with van der Waals surface area (Å²) in [6.45, 7) is 4.91. The number of hydrogen-bond donors (Lipinski definition) is 1. The van der Waals surface area contributed by atoms with Crippen LogP contribution in [0.5, 0.6) is 0 Å². The first-order valence-electron chi connectivity index (χ1n) is 10.0. The third-order valence-corrected chi connectivity index (χ3v) is 5.45. The van der Waals surface area contributed by atoms with Gasteiger partial charge < -0.3 is 14.6 Å². The Labute approximate surface area is 178 Å². The number of benzene rings is 1. The molecule has 3 aromatic rings. The first-order chi connectivity index (χ1) is 15.0. The second kappa shape index (κ2) is 8.65. The molecule has 1 aliphatic rings. The third kappa shape index (κ3) is 4.32. The fourth-order valence-electron chi connectivity index (χ4n) is 3.68. The van der Waals surface area contributed by atoms with Gasteiger partial charge in [0.05, 0.1) is 18.2 Å². The zero-order valence-corrected chi connectivity index (χ0v) is 17.3. The van der Waals surface area contributed by atoms with Crippen LogP contribution < -0.4 is 5.32 Å². The normalized spacial score (nSPS) is 15.7. The van der Waals surface area contributed by atoms with E-state index in [4.69, 9.17) is 4.74 Å². The molecule has 1 aliphatic heterocycles. The van der Waals surface area contributed by atoms with Crippen LogP contribution in [-0.2, 0) is 22.6 Å². The van der Waals surface area contributed by atoms with E-state index in [2.05, 4.69) is 26.8 Å². The quantitative estimate of drug-likeness (QED) is 0.652. The van der Waals surface area contributed by atoms with Gasteiger partial charge in [0.15, 0.2) is 0 Å². The Morgan fingerprint density at radius 2 is 2.13 bits per heavy atom. The van der Waals surface area contributed by atoms with Gasteiger partial charge in [-0.05, 0) is 61.7 Å². The van der Waals surface area contributed by atoms with Crippen LogP contribution in [0.3, 0.4) is 0 Å². The highest BCUT2D eigenvalue weighted by Crippen LogP contribution is 2.28. The summed E-state index contributed by atoms with van der Waals surface area (Å²) in [7, 11) is 0. The van der Waals surface area contributed by atoms with Crippen LogP contribution in [0.25, 0.3) is 11.4 Å². The maximum Gasteiger partial charge on any atom is 0.249 e. The summed E-state index contributed by atoms with van der Waals surface area (Å²) in [4.78, 5) is 13.9. The summed E-state index contributed by atoms with van der Waals surface area (Å²) in [5.41, 5.74) is 2.77. The van der Waals surface area contributed by atoms with Gasteiger partial charge in [0.2, 0.25) is 11.7 Å². The minimum absolute atomic E-state index is 0.0583. The van der Waals surface area contributed by atoms with E-state index in [1.165, 1.54) is 12.1 Å². The fraction of sp³-hybridized carbons (Fsp3) is 0.381. The standard InChI is InChI=1S/C21H22FN7O2/c1-13-14(2)28(11-17-4-3-9-31-17)21(18(13)10-23)24-19(30)12-29-26-20(25-27-29)15-5-7-16(22)8-6-15/h5-8,17H,3-4,9,11-12H2,1-2H3,(H,24,30)/t17-/m0/s1. The molecule has 1 fully saturated rings. The van der Waals surface area contributed by atoms with Crippen LogP contribution in [0.15, 0.2) is 24.3 Å². The van der Waals surface area contributed by atoms with Gasteiger partial charge in [0.1, 0.15) is 24.2 Å². The van der Waals surface area contributed by atoms with Crippen molar-refractivity contribution in [3.8, 4) is 17.5 Å². The molecule has 1 amide bonds. The molecular weight excluding hydrogens is 401 g/mol. The van der Waals surface area contributed by atoms with Crippen molar-refractivity contribution in [3.63, 3.8) is 0 Å². The third-order valence-electron chi connectivity index (χ3n) is 5.45. The summed E-state index contributed by atoms with van der Waals surface area (Å²) in [5, 5.41) is 24.5. The highest BCUT2D eigenvalue weighted by molar-refractivity contribution is 5.91. The molecule has 0 spiro atoms. The number of aromatic nitrogens is 5. The molecule has 4 rings (SSSR count). The lowest BCUT2D eigenvalue weighted by Crippen LogP contribution is -2.24. The fourth-order valence-corrected chi connectivity index (χ4v) is 3.68. The van der Waals surface area contributed by atoms with Gasteiger partial charge in [-0.1, -0.05) is 0 Å². The van der Waals surface area contributed by atoms with Crippen molar-refractivity contribution in [2.24, 2.45) is 0 Å². The highest BCUT2D eigenvalue weighted by atomic mass is 19.1. The van der Waals surface area contributed by atoms with E-state index in [-0.39, 0.29) is 24.4 Å². The number of hydrogen-bond acceptors (Lipinski definition) is 6. The van der Waals surface area contributed by atoms with E-state index in [1.54, 1.807) is 12.1 Å². The summed E-state index contributed by atoms with van der Waals surface area (Å²) in [6, 6.07) is 7.88. The minimum Gasteiger partial charge on any atom is -0.376 e. The Kier molecular flexibility index (Phi) is 5.77. The highest BCUT2D eigenvalue weighted by Gasteiger charge is 2.24. The number of tetrazole rings is 1. The molecule has 1 atom stereocenters. The first kappa shape index (κ1) is 20.7. The van der Waals surface area contributed by atoms with Crippen molar-refractivity contribution in [2.45, 2.75) is 45.9 Å². The van der Waals surface area contributed by atoms with Gasteiger partial charge in [-0.15, -0.1) is 10.2 Å². The molecule has 0 bridgehead atoms. The van der Waals surface area contributed by atoms with E-state index in [9.17, 15) is 14.4 Å². The van der Waals surface area contributed by atoms with Gasteiger partial charge in [-0.3, -0.25) is 4.79 Å². The van der Waals surface area contributed by atoms with Crippen LogP contribution in [-0.4, -0.2) is 43.4 Å². The number of ether oxygens (including phenoxy) is 1. The largest absolute Gasteiger partial charge is 0.376 e. The average molecular weight is 423 g/mol. The van der Waals surface area contributed by atoms with Crippen LogP contribution in [0.2, 0.25) is 0 Å². The van der Waals surface area contributed by atoms with E-state index in [0.717, 1.165) is 35.5 Å². The second-order valence-corrected chi connectivity index (χ2v) is 7.49. The lowest BCUT2D eigenvalue weighted by atomic mass is 10.2. The number of amides is 1. The summed E-state index contributed by atoms with van der Waals surface area (Å²) >= 11 is 0. The number of nitrogens with zero attached hydrogens (tertiary/aromatic N) is 6. The Hall–Kier alpha value is -3.58. The zero-order chi connectivity index (χ0) is 22.0. The molecule has 1 saturated heterocycles. The van der Waals surface area contributed by atoms with Crippen LogP contribution in [0, 0.1) is 31.0 Å². The number of rotatable bonds is 6. The van der Waals surface area contributed by atoms with Crippen molar-refractivity contribution in [3.05, 3.63) is 46.9 Å². The number of nitrogens with one attached hydrogen (secondary N) is 1. The predicted octanol–water partition coefficient (Wildman–Crippen LogP) is 2.59. The number of carbonyl (C=O) groups is 1. The van der Waals surface area contributed by atoms with Crippen LogP contribution in [0.4, 0.5) is 10.2 Å². The van der Waals surface area contributed by atoms with Crippen molar-refractivity contribution in [1.29, 1.82) is 5.26 Å². The smallest absolute Gasteiger partial charge is 0.249 e. The van der Waals surface area contributed by atoms with Crippen molar-refractivity contribution >= 4 is 11.7 Å². The molecule has 0 aliphatic carbocycles. The summed E-state index contributed by atoms with van der Waals surface area (Å²) in [6.07, 6.45) is 2.01. The Morgan fingerprint density at radius 3 is 2.81 bits per heavy atom. The number of anilines is 1. The molecule has 1 N–H and O–H groups in total. The minimum atomic E-state index is -0.384. The molecule has 31 heavy (non-hydrogen) atoms. The van der Waals surface area contributed by atoms with E-state index >= 15 is 0 Å². The van der Waals surface area contributed by atoms with Gasteiger partial charge in [-0.2, -0.15) is 10.1 Å². The molecule has 2 aromatic heterocycles. The molecule has 3 heterocycles. The van der Waals surface area contributed by atoms with Crippen molar-refractivity contribution < 1.29 is 13.9 Å². The summed E-state index contributed by atoms with van der Waals surface area (Å²) in [5.74, 6) is 0.00175. The summed E-state index contributed by atoms with van der Waals surface area (Å²) < 4.78 is 20.8. The molecule has 0 unspecified atom stereocenters. The molecule has 1 aromatic carbocycles. The maximum atomic E-state index is 13.1. The van der Waals surface area contributed by atoms with Crippen LogP contribution >= 0.6 is 0 Å². The topological polar surface area (TPSA) is 111 Å². The number of halogens is 1. The molecule has 0 radical (unpaired) electrons. The number of carbonyl (C=O) groups excluding carboxylic acids is 1. The van der Waals surface area contributed by atoms with E-state index < -0.39 is 0 Å². The zero-order valence-electron chi connectivity index (χ0n) is 17.3. The van der Waals surface area contributed by atoms with E-state index in [1.807, 2.05) is 18.4 Å². The van der Waals surface area contributed by atoms with Gasteiger partial charge in [-0.25, -0.2) is 4.39 Å². The lowest BCUT2D eigenvalue weighted by Gasteiger charge is -2.16. The molecule has 9 nitrogen and oxygen atoms in total. The first-order valence-corrected chi connectivity index (χ1v) is 10.0. The Bertz CT molecular complexity index is 1140.